The molecule has 2 N–H and O–H groups in total. The molecule has 0 aromatic heterocycles. The van der Waals surface area contributed by atoms with Crippen molar-refractivity contribution in [2.45, 2.75) is 25.4 Å². The number of carbonyl (C=O) groups is 2. The van der Waals surface area contributed by atoms with Crippen LogP contribution < -0.4 is 5.32 Å². The van der Waals surface area contributed by atoms with Crippen LogP contribution in [0.25, 0.3) is 0 Å². The molecule has 0 saturated heterocycles. The van der Waals surface area contributed by atoms with Gasteiger partial charge in [-0.2, -0.15) is 0 Å². The standard InChI is InChI=1S/C14H19NO6/c1-19-13(20-2)11(8-12(16)17)15-14(18)21-9-10-6-4-3-5-7-10/h3-7,11,13H,8-9H2,1-2H3,(H,15,18)(H,16,17). The fourth-order valence-corrected chi connectivity index (χ4v) is 1.74. The van der Waals surface area contributed by atoms with Gasteiger partial charge in [0.1, 0.15) is 6.61 Å². The summed E-state index contributed by atoms with van der Waals surface area (Å²) in [6.07, 6.45) is -1.94. The van der Waals surface area contributed by atoms with E-state index in [1.807, 2.05) is 30.3 Å². The lowest BCUT2D eigenvalue weighted by molar-refractivity contribution is -0.147. The molecule has 7 heteroatoms. The van der Waals surface area contributed by atoms with E-state index in [1.54, 1.807) is 0 Å². The number of carbonyl (C=O) groups excluding carboxylic acids is 1. The number of rotatable bonds is 8. The van der Waals surface area contributed by atoms with E-state index in [9.17, 15) is 9.59 Å². The van der Waals surface area contributed by atoms with Gasteiger partial charge in [-0.25, -0.2) is 4.79 Å². The zero-order valence-electron chi connectivity index (χ0n) is 11.9. The van der Waals surface area contributed by atoms with E-state index in [0.29, 0.717) is 0 Å². The van der Waals surface area contributed by atoms with Crippen LogP contribution in [0.5, 0.6) is 0 Å². The number of hydrogen-bond acceptors (Lipinski definition) is 5. The van der Waals surface area contributed by atoms with Gasteiger partial charge in [0.2, 0.25) is 0 Å². The molecule has 1 rings (SSSR count). The van der Waals surface area contributed by atoms with Crippen LogP contribution >= 0.6 is 0 Å². The first-order valence-electron chi connectivity index (χ1n) is 6.31. The Morgan fingerprint density at radius 3 is 2.33 bits per heavy atom. The van der Waals surface area contributed by atoms with Gasteiger partial charge in [-0.05, 0) is 5.56 Å². The molecule has 116 valence electrons. The molecule has 1 amide bonds. The fraction of sp³-hybridized carbons (Fsp3) is 0.429. The molecule has 0 fully saturated rings. The SMILES string of the molecule is COC(OC)C(CC(=O)O)NC(=O)OCc1ccccc1. The second-order valence-electron chi connectivity index (χ2n) is 4.25. The third-order valence-electron chi connectivity index (χ3n) is 2.70. The highest BCUT2D eigenvalue weighted by molar-refractivity contribution is 5.71. The predicted octanol–water partition coefficient (Wildman–Crippen LogP) is 1.37. The molecule has 1 aromatic carbocycles. The maximum Gasteiger partial charge on any atom is 0.407 e. The number of carboxylic acid groups (broad SMARTS) is 1. The first kappa shape index (κ1) is 16.9. The lowest BCUT2D eigenvalue weighted by Gasteiger charge is -2.24. The Kier molecular flexibility index (Phi) is 7.20. The average Bonchev–Trinajstić information content (AvgIpc) is 2.47. The first-order chi connectivity index (χ1) is 10.1. The van der Waals surface area contributed by atoms with E-state index >= 15 is 0 Å². The molecule has 1 unspecified atom stereocenters. The number of aliphatic carboxylic acids is 1. The van der Waals surface area contributed by atoms with Crippen LogP contribution in [0.3, 0.4) is 0 Å². The van der Waals surface area contributed by atoms with Gasteiger partial charge in [-0.15, -0.1) is 0 Å². The predicted molar refractivity (Wildman–Crippen MR) is 73.6 cm³/mol. The van der Waals surface area contributed by atoms with Crippen molar-refractivity contribution in [3.63, 3.8) is 0 Å². The Balaban J connectivity index is 2.53. The number of nitrogens with one attached hydrogen (secondary N) is 1. The van der Waals surface area contributed by atoms with Crippen molar-refractivity contribution in [1.82, 2.24) is 5.32 Å². The van der Waals surface area contributed by atoms with Crippen LogP contribution in [0, 0.1) is 0 Å². The lowest BCUT2D eigenvalue weighted by atomic mass is 10.2. The Bertz CT molecular complexity index is 446. The molecule has 0 aliphatic heterocycles. The second-order valence-corrected chi connectivity index (χ2v) is 4.25. The number of ether oxygens (including phenoxy) is 3. The molecular weight excluding hydrogens is 278 g/mol. The molecule has 0 aliphatic rings. The summed E-state index contributed by atoms with van der Waals surface area (Å²) in [6, 6.07) is 8.30. The minimum atomic E-state index is -1.08. The summed E-state index contributed by atoms with van der Waals surface area (Å²) in [5, 5.41) is 11.3. The minimum absolute atomic E-state index is 0.0943. The van der Waals surface area contributed by atoms with Crippen LogP contribution in [0.4, 0.5) is 4.79 Å². The van der Waals surface area contributed by atoms with Crippen molar-refractivity contribution >= 4 is 12.1 Å². The first-order valence-corrected chi connectivity index (χ1v) is 6.31. The van der Waals surface area contributed by atoms with Crippen molar-refractivity contribution in [1.29, 1.82) is 0 Å². The number of hydrogen-bond donors (Lipinski definition) is 2. The van der Waals surface area contributed by atoms with Gasteiger partial charge in [0.25, 0.3) is 0 Å². The smallest absolute Gasteiger partial charge is 0.407 e. The van der Waals surface area contributed by atoms with Crippen molar-refractivity contribution in [2.24, 2.45) is 0 Å². The van der Waals surface area contributed by atoms with E-state index in [-0.39, 0.29) is 13.0 Å². The number of benzene rings is 1. The Labute approximate surface area is 122 Å². The number of methoxy groups -OCH3 is 2. The quantitative estimate of drug-likeness (QED) is 0.704. The zero-order chi connectivity index (χ0) is 15.7. The van der Waals surface area contributed by atoms with Crippen LogP contribution in [0.1, 0.15) is 12.0 Å². The van der Waals surface area contributed by atoms with Gasteiger partial charge >= 0.3 is 12.1 Å². The summed E-state index contributed by atoms with van der Waals surface area (Å²) in [4.78, 5) is 22.5. The normalized spacial score (nSPS) is 12.0. The topological polar surface area (TPSA) is 94.1 Å². The minimum Gasteiger partial charge on any atom is -0.481 e. The maximum atomic E-state index is 11.7. The molecular formula is C14H19NO6. The highest BCUT2D eigenvalue weighted by Crippen LogP contribution is 2.06. The average molecular weight is 297 g/mol. The van der Waals surface area contributed by atoms with E-state index in [2.05, 4.69) is 5.32 Å². The Hall–Kier alpha value is -2.12. The van der Waals surface area contributed by atoms with Crippen LogP contribution in [0.15, 0.2) is 30.3 Å². The molecule has 0 aliphatic carbocycles. The van der Waals surface area contributed by atoms with Crippen molar-refractivity contribution in [2.75, 3.05) is 14.2 Å². The molecule has 7 nitrogen and oxygen atoms in total. The molecule has 0 heterocycles. The summed E-state index contributed by atoms with van der Waals surface area (Å²) in [6.45, 7) is 0.0943. The van der Waals surface area contributed by atoms with Gasteiger partial charge in [0.05, 0.1) is 12.5 Å². The lowest BCUT2D eigenvalue weighted by Crippen LogP contribution is -2.46. The van der Waals surface area contributed by atoms with E-state index in [1.165, 1.54) is 14.2 Å². The van der Waals surface area contributed by atoms with Crippen LogP contribution in [0.2, 0.25) is 0 Å². The number of amides is 1. The largest absolute Gasteiger partial charge is 0.481 e. The third-order valence-corrected chi connectivity index (χ3v) is 2.70. The summed E-state index contributed by atoms with van der Waals surface area (Å²) < 4.78 is 15.0. The molecule has 0 spiro atoms. The van der Waals surface area contributed by atoms with Crippen LogP contribution in [-0.4, -0.2) is 43.7 Å². The third kappa shape index (κ3) is 6.24. The van der Waals surface area contributed by atoms with Crippen molar-refractivity contribution in [3.8, 4) is 0 Å². The fourth-order valence-electron chi connectivity index (χ4n) is 1.74. The molecule has 0 bridgehead atoms. The van der Waals surface area contributed by atoms with Gasteiger partial charge in [-0.1, -0.05) is 30.3 Å². The number of carboxylic acids is 1. The molecule has 1 atom stereocenters. The summed E-state index contributed by atoms with van der Waals surface area (Å²) >= 11 is 0. The number of alkyl carbamates (subject to hydrolysis) is 1. The highest BCUT2D eigenvalue weighted by Gasteiger charge is 2.26. The summed E-state index contributed by atoms with van der Waals surface area (Å²) in [5.41, 5.74) is 0.831. The van der Waals surface area contributed by atoms with E-state index in [4.69, 9.17) is 19.3 Å². The van der Waals surface area contributed by atoms with Gasteiger partial charge in [0, 0.05) is 14.2 Å². The molecule has 1 aromatic rings. The maximum absolute atomic E-state index is 11.7. The Morgan fingerprint density at radius 2 is 1.81 bits per heavy atom. The van der Waals surface area contributed by atoms with Gasteiger partial charge in [0.15, 0.2) is 6.29 Å². The molecule has 0 radical (unpaired) electrons. The highest BCUT2D eigenvalue weighted by atomic mass is 16.7. The summed E-state index contributed by atoms with van der Waals surface area (Å²) in [5.74, 6) is -1.08. The van der Waals surface area contributed by atoms with E-state index < -0.39 is 24.4 Å². The monoisotopic (exact) mass is 297 g/mol. The summed E-state index contributed by atoms with van der Waals surface area (Å²) in [7, 11) is 2.72. The van der Waals surface area contributed by atoms with Gasteiger partial charge in [-0.3, -0.25) is 4.79 Å². The van der Waals surface area contributed by atoms with Crippen LogP contribution in [-0.2, 0) is 25.6 Å². The second kappa shape index (κ2) is 8.93. The van der Waals surface area contributed by atoms with E-state index in [0.717, 1.165) is 5.56 Å². The van der Waals surface area contributed by atoms with Crippen molar-refractivity contribution in [3.05, 3.63) is 35.9 Å². The van der Waals surface area contributed by atoms with Gasteiger partial charge < -0.3 is 24.6 Å². The zero-order valence-corrected chi connectivity index (χ0v) is 11.9. The molecule has 21 heavy (non-hydrogen) atoms. The Morgan fingerprint density at radius 1 is 1.19 bits per heavy atom. The molecule has 0 saturated carbocycles. The van der Waals surface area contributed by atoms with Crippen molar-refractivity contribution < 1.29 is 28.9 Å².